The molecule has 0 heterocycles. The molecule has 0 aliphatic carbocycles. The highest BCUT2D eigenvalue weighted by Crippen LogP contribution is 2.24. The fourth-order valence-electron chi connectivity index (χ4n) is 1.57. The predicted octanol–water partition coefficient (Wildman–Crippen LogP) is 1.58. The highest BCUT2D eigenvalue weighted by atomic mass is 19.3. The third kappa shape index (κ3) is 3.90. The van der Waals surface area contributed by atoms with E-state index in [0.717, 1.165) is 0 Å². The topological polar surface area (TPSA) is 84.4 Å². The van der Waals surface area contributed by atoms with Crippen molar-refractivity contribution in [1.82, 2.24) is 4.90 Å². The van der Waals surface area contributed by atoms with Crippen LogP contribution in [-0.2, 0) is 6.54 Å². The van der Waals surface area contributed by atoms with Crippen molar-refractivity contribution in [2.75, 3.05) is 19.0 Å². The average Bonchev–Trinajstić information content (AvgIpc) is 2.27. The lowest BCUT2D eigenvalue weighted by atomic mass is 10.1. The van der Waals surface area contributed by atoms with Gasteiger partial charge in [0.1, 0.15) is 5.69 Å². The second-order valence-electron chi connectivity index (χ2n) is 3.84. The number of nitro benzene ring substituents is 1. The first kappa shape index (κ1) is 14.3. The minimum absolute atomic E-state index is 0.155. The predicted molar refractivity (Wildman–Crippen MR) is 63.2 cm³/mol. The van der Waals surface area contributed by atoms with Crippen LogP contribution < -0.4 is 11.3 Å². The fourth-order valence-corrected chi connectivity index (χ4v) is 1.57. The van der Waals surface area contributed by atoms with Crippen molar-refractivity contribution in [3.63, 3.8) is 0 Å². The van der Waals surface area contributed by atoms with Crippen LogP contribution in [0.4, 0.5) is 20.2 Å². The van der Waals surface area contributed by atoms with Gasteiger partial charge in [-0.15, -0.1) is 0 Å². The number of alkyl halides is 2. The second-order valence-corrected chi connectivity index (χ2v) is 3.84. The van der Waals surface area contributed by atoms with Gasteiger partial charge in [0.15, 0.2) is 0 Å². The Morgan fingerprint density at radius 3 is 2.72 bits per heavy atom. The van der Waals surface area contributed by atoms with Gasteiger partial charge in [-0.2, -0.15) is 0 Å². The lowest BCUT2D eigenvalue weighted by Gasteiger charge is -2.16. The zero-order valence-electron chi connectivity index (χ0n) is 9.77. The van der Waals surface area contributed by atoms with Gasteiger partial charge in [-0.25, -0.2) is 8.78 Å². The molecule has 0 atom stereocenters. The van der Waals surface area contributed by atoms with Crippen molar-refractivity contribution in [1.29, 1.82) is 0 Å². The van der Waals surface area contributed by atoms with E-state index in [1.807, 2.05) is 0 Å². The number of benzene rings is 1. The number of anilines is 1. The molecule has 0 saturated heterocycles. The molecule has 8 heteroatoms. The molecule has 1 rings (SSSR count). The van der Waals surface area contributed by atoms with Gasteiger partial charge in [-0.1, -0.05) is 6.07 Å². The van der Waals surface area contributed by atoms with Gasteiger partial charge >= 0.3 is 0 Å². The summed E-state index contributed by atoms with van der Waals surface area (Å²) in [4.78, 5) is 11.5. The van der Waals surface area contributed by atoms with E-state index < -0.39 is 11.3 Å². The Balaban J connectivity index is 2.82. The summed E-state index contributed by atoms with van der Waals surface area (Å²) >= 11 is 0. The van der Waals surface area contributed by atoms with E-state index in [4.69, 9.17) is 5.84 Å². The monoisotopic (exact) mass is 260 g/mol. The molecular formula is C10H14F2N4O2. The van der Waals surface area contributed by atoms with Crippen LogP contribution in [0, 0.1) is 10.1 Å². The van der Waals surface area contributed by atoms with Crippen LogP contribution in [0.1, 0.15) is 5.56 Å². The van der Waals surface area contributed by atoms with Crippen molar-refractivity contribution in [2.45, 2.75) is 13.0 Å². The highest BCUT2D eigenvalue weighted by Gasteiger charge is 2.14. The minimum Gasteiger partial charge on any atom is -0.318 e. The molecule has 0 amide bonds. The van der Waals surface area contributed by atoms with Crippen LogP contribution in [0.3, 0.4) is 0 Å². The average molecular weight is 260 g/mol. The zero-order valence-corrected chi connectivity index (χ0v) is 9.77. The Hall–Kier alpha value is -1.80. The molecule has 0 fully saturated rings. The number of nitrogens with two attached hydrogens (primary N) is 1. The first-order chi connectivity index (χ1) is 8.43. The van der Waals surface area contributed by atoms with Crippen molar-refractivity contribution >= 4 is 11.4 Å². The minimum atomic E-state index is -2.42. The molecule has 0 spiro atoms. The zero-order chi connectivity index (χ0) is 13.7. The summed E-state index contributed by atoms with van der Waals surface area (Å²) < 4.78 is 24.3. The van der Waals surface area contributed by atoms with E-state index >= 15 is 0 Å². The van der Waals surface area contributed by atoms with E-state index in [1.165, 1.54) is 23.1 Å². The number of nitro groups is 1. The van der Waals surface area contributed by atoms with Crippen LogP contribution in [0.25, 0.3) is 0 Å². The second kappa shape index (κ2) is 6.22. The van der Waals surface area contributed by atoms with Gasteiger partial charge in [0.25, 0.3) is 12.1 Å². The van der Waals surface area contributed by atoms with Gasteiger partial charge in [0, 0.05) is 12.6 Å². The summed E-state index contributed by atoms with van der Waals surface area (Å²) in [7, 11) is 1.54. The SMILES string of the molecule is CN(Cc1ccc([N+](=O)[O-])c(NN)c1)CC(F)F. The molecule has 6 nitrogen and oxygen atoms in total. The molecule has 3 N–H and O–H groups in total. The smallest absolute Gasteiger partial charge is 0.293 e. The Bertz CT molecular complexity index is 428. The van der Waals surface area contributed by atoms with Crippen molar-refractivity contribution in [2.24, 2.45) is 5.84 Å². The number of rotatable bonds is 6. The van der Waals surface area contributed by atoms with Gasteiger partial charge in [0.05, 0.1) is 11.5 Å². The molecule has 1 aromatic carbocycles. The van der Waals surface area contributed by atoms with Gasteiger partial charge in [0.2, 0.25) is 0 Å². The van der Waals surface area contributed by atoms with E-state index in [9.17, 15) is 18.9 Å². The number of hydrogen-bond acceptors (Lipinski definition) is 5. The Kier molecular flexibility index (Phi) is 4.93. The number of halogens is 2. The Morgan fingerprint density at radius 1 is 1.56 bits per heavy atom. The largest absolute Gasteiger partial charge is 0.318 e. The summed E-state index contributed by atoms with van der Waals surface area (Å²) in [6, 6.07) is 4.28. The molecular weight excluding hydrogens is 246 g/mol. The quantitative estimate of drug-likeness (QED) is 0.461. The molecule has 1 aromatic rings. The van der Waals surface area contributed by atoms with Gasteiger partial charge in [-0.05, 0) is 18.7 Å². The third-order valence-corrected chi connectivity index (χ3v) is 2.32. The Morgan fingerprint density at radius 2 is 2.22 bits per heavy atom. The van der Waals surface area contributed by atoms with E-state index in [1.54, 1.807) is 7.05 Å². The summed E-state index contributed by atoms with van der Waals surface area (Å²) in [6.45, 7) is -0.0978. The third-order valence-electron chi connectivity index (χ3n) is 2.32. The molecule has 18 heavy (non-hydrogen) atoms. The van der Waals surface area contributed by atoms with Crippen LogP contribution in [0.2, 0.25) is 0 Å². The maximum Gasteiger partial charge on any atom is 0.293 e. The van der Waals surface area contributed by atoms with Crippen LogP contribution in [-0.4, -0.2) is 29.8 Å². The number of hydrogen-bond donors (Lipinski definition) is 2. The van der Waals surface area contributed by atoms with E-state index in [-0.39, 0.29) is 24.5 Å². The molecule has 0 radical (unpaired) electrons. The van der Waals surface area contributed by atoms with Gasteiger partial charge in [-0.3, -0.25) is 20.9 Å². The molecule has 0 aliphatic rings. The maximum absolute atomic E-state index is 12.1. The summed E-state index contributed by atoms with van der Waals surface area (Å²) in [5, 5.41) is 10.7. The number of hydrazine groups is 1. The maximum atomic E-state index is 12.1. The van der Waals surface area contributed by atoms with Crippen LogP contribution >= 0.6 is 0 Å². The number of nitrogen functional groups attached to an aromatic ring is 1. The van der Waals surface area contributed by atoms with E-state index in [0.29, 0.717) is 5.56 Å². The summed E-state index contributed by atoms with van der Waals surface area (Å²) in [6.07, 6.45) is -2.42. The van der Waals surface area contributed by atoms with Crippen LogP contribution in [0.5, 0.6) is 0 Å². The molecule has 0 saturated carbocycles. The summed E-state index contributed by atoms with van der Waals surface area (Å²) in [5.41, 5.74) is 2.89. The van der Waals surface area contributed by atoms with Gasteiger partial charge < -0.3 is 5.43 Å². The lowest BCUT2D eigenvalue weighted by molar-refractivity contribution is -0.384. The van der Waals surface area contributed by atoms with E-state index in [2.05, 4.69) is 5.43 Å². The number of nitrogens with zero attached hydrogens (tertiary/aromatic N) is 2. The first-order valence-electron chi connectivity index (χ1n) is 5.14. The van der Waals surface area contributed by atoms with Crippen LogP contribution in [0.15, 0.2) is 18.2 Å². The molecule has 0 unspecified atom stereocenters. The Labute approximate surface area is 102 Å². The summed E-state index contributed by atoms with van der Waals surface area (Å²) in [5.74, 6) is 5.18. The molecule has 0 bridgehead atoms. The standard InChI is InChI=1S/C10H14F2N4O2/c1-15(6-10(11)12)5-7-2-3-9(16(17)18)8(4-7)14-13/h2-4,10,14H,5-6,13H2,1H3. The normalized spacial score (nSPS) is 11.0. The highest BCUT2D eigenvalue weighted by molar-refractivity contribution is 5.62. The fraction of sp³-hybridized carbons (Fsp3) is 0.400. The molecule has 0 aliphatic heterocycles. The van der Waals surface area contributed by atoms with Crippen molar-refractivity contribution in [3.05, 3.63) is 33.9 Å². The number of nitrogens with one attached hydrogen (secondary N) is 1. The lowest BCUT2D eigenvalue weighted by Crippen LogP contribution is -2.24. The molecule has 0 aromatic heterocycles. The van der Waals surface area contributed by atoms with Crippen molar-refractivity contribution in [3.8, 4) is 0 Å². The van der Waals surface area contributed by atoms with Crippen molar-refractivity contribution < 1.29 is 13.7 Å². The molecule has 100 valence electrons. The first-order valence-corrected chi connectivity index (χ1v) is 5.14.